The van der Waals surface area contributed by atoms with E-state index in [2.05, 4.69) is 29.8 Å². The first-order valence-corrected chi connectivity index (χ1v) is 8.59. The molecular weight excluding hydrogens is 312 g/mol. The largest absolute Gasteiger partial charge is 0.352 e. The van der Waals surface area contributed by atoms with E-state index in [1.54, 1.807) is 18.3 Å². The van der Waals surface area contributed by atoms with Crippen LogP contribution in [0.2, 0.25) is 0 Å². The van der Waals surface area contributed by atoms with E-state index in [9.17, 15) is 10.1 Å². The van der Waals surface area contributed by atoms with Crippen LogP contribution in [0.1, 0.15) is 41.3 Å². The fraction of sp³-hybridized carbons (Fsp3) is 0.350. The number of nitrogens with zero attached hydrogens (tertiary/aromatic N) is 4. The lowest BCUT2D eigenvalue weighted by Gasteiger charge is -2.35. The van der Waals surface area contributed by atoms with Crippen molar-refractivity contribution in [3.05, 3.63) is 59.3 Å². The first-order valence-electron chi connectivity index (χ1n) is 8.59. The molecule has 3 rings (SSSR count). The first-order chi connectivity index (χ1) is 12.1. The van der Waals surface area contributed by atoms with Crippen LogP contribution in [0.5, 0.6) is 0 Å². The van der Waals surface area contributed by atoms with Gasteiger partial charge in [-0.3, -0.25) is 4.79 Å². The Hall–Kier alpha value is -2.87. The molecule has 0 radical (unpaired) electrons. The molecule has 0 bridgehead atoms. The fourth-order valence-electron chi connectivity index (χ4n) is 3.05. The van der Waals surface area contributed by atoms with Gasteiger partial charge in [0.1, 0.15) is 11.9 Å². The molecule has 5 heteroatoms. The molecule has 1 amide bonds. The normalized spacial score (nSPS) is 14.5. The molecule has 1 aliphatic rings. The lowest BCUT2D eigenvalue weighted by molar-refractivity contribution is 0.0746. The van der Waals surface area contributed by atoms with Crippen LogP contribution in [-0.2, 0) is 0 Å². The SMILES string of the molecule is CC(C)c1ccc(C(=O)N2CCN(c3ncccc3C#N)CC2)cc1. The maximum absolute atomic E-state index is 12.7. The second-order valence-corrected chi connectivity index (χ2v) is 6.54. The van der Waals surface area contributed by atoms with Crippen LogP contribution >= 0.6 is 0 Å². The quantitative estimate of drug-likeness (QED) is 0.865. The van der Waals surface area contributed by atoms with Crippen molar-refractivity contribution in [2.75, 3.05) is 31.1 Å². The molecule has 1 aliphatic heterocycles. The summed E-state index contributed by atoms with van der Waals surface area (Å²) >= 11 is 0. The zero-order valence-corrected chi connectivity index (χ0v) is 14.6. The molecule has 1 aromatic carbocycles. The number of aromatic nitrogens is 1. The minimum absolute atomic E-state index is 0.0662. The van der Waals surface area contributed by atoms with E-state index in [0.29, 0.717) is 43.5 Å². The Morgan fingerprint density at radius 1 is 1.12 bits per heavy atom. The van der Waals surface area contributed by atoms with Crippen molar-refractivity contribution < 1.29 is 4.79 Å². The summed E-state index contributed by atoms with van der Waals surface area (Å²) in [6.45, 7) is 6.91. The van der Waals surface area contributed by atoms with Gasteiger partial charge in [-0.05, 0) is 35.7 Å². The summed E-state index contributed by atoms with van der Waals surface area (Å²) in [5.41, 5.74) is 2.54. The molecule has 0 aliphatic carbocycles. The van der Waals surface area contributed by atoms with Crippen molar-refractivity contribution >= 4 is 11.7 Å². The summed E-state index contributed by atoms with van der Waals surface area (Å²) in [6, 6.07) is 13.6. The number of hydrogen-bond acceptors (Lipinski definition) is 4. The Morgan fingerprint density at radius 3 is 2.40 bits per heavy atom. The predicted octanol–water partition coefficient (Wildman–Crippen LogP) is 3.04. The molecule has 128 valence electrons. The number of pyridine rings is 1. The van der Waals surface area contributed by atoms with Crippen LogP contribution in [0.3, 0.4) is 0 Å². The molecule has 1 saturated heterocycles. The van der Waals surface area contributed by atoms with E-state index in [4.69, 9.17) is 0 Å². The third kappa shape index (κ3) is 3.63. The average Bonchev–Trinajstić information content (AvgIpc) is 2.67. The summed E-state index contributed by atoms with van der Waals surface area (Å²) in [6.07, 6.45) is 1.70. The second-order valence-electron chi connectivity index (χ2n) is 6.54. The third-order valence-electron chi connectivity index (χ3n) is 4.60. The summed E-state index contributed by atoms with van der Waals surface area (Å²) in [7, 11) is 0. The van der Waals surface area contributed by atoms with E-state index >= 15 is 0 Å². The van der Waals surface area contributed by atoms with Crippen LogP contribution < -0.4 is 4.90 Å². The van der Waals surface area contributed by atoms with Gasteiger partial charge in [-0.1, -0.05) is 26.0 Å². The van der Waals surface area contributed by atoms with Crippen molar-refractivity contribution in [1.82, 2.24) is 9.88 Å². The standard InChI is InChI=1S/C20H22N4O/c1-15(2)16-5-7-17(8-6-16)20(25)24-12-10-23(11-13-24)19-18(14-21)4-3-9-22-19/h3-9,15H,10-13H2,1-2H3. The Balaban J connectivity index is 1.66. The number of benzene rings is 1. The van der Waals surface area contributed by atoms with Crippen LogP contribution in [0, 0.1) is 11.3 Å². The Labute approximate surface area is 148 Å². The third-order valence-corrected chi connectivity index (χ3v) is 4.60. The van der Waals surface area contributed by atoms with Crippen LogP contribution in [0.15, 0.2) is 42.6 Å². The summed E-state index contributed by atoms with van der Waals surface area (Å²) in [4.78, 5) is 21.0. The molecule has 0 N–H and O–H groups in total. The van der Waals surface area contributed by atoms with Crippen LogP contribution in [0.25, 0.3) is 0 Å². The number of rotatable bonds is 3. The topological polar surface area (TPSA) is 60.2 Å². The van der Waals surface area contributed by atoms with Crippen molar-refractivity contribution in [2.45, 2.75) is 19.8 Å². The Morgan fingerprint density at radius 2 is 1.80 bits per heavy atom. The number of hydrogen-bond donors (Lipinski definition) is 0. The van der Waals surface area contributed by atoms with Crippen molar-refractivity contribution in [2.24, 2.45) is 0 Å². The summed E-state index contributed by atoms with van der Waals surface area (Å²) < 4.78 is 0. The second kappa shape index (κ2) is 7.35. The lowest BCUT2D eigenvalue weighted by atomic mass is 10.0. The van der Waals surface area contributed by atoms with E-state index < -0.39 is 0 Å². The van der Waals surface area contributed by atoms with Gasteiger partial charge in [-0.15, -0.1) is 0 Å². The highest BCUT2D eigenvalue weighted by molar-refractivity contribution is 5.94. The van der Waals surface area contributed by atoms with Crippen molar-refractivity contribution in [3.8, 4) is 6.07 Å². The maximum atomic E-state index is 12.7. The van der Waals surface area contributed by atoms with Crippen LogP contribution in [-0.4, -0.2) is 42.0 Å². The van der Waals surface area contributed by atoms with Gasteiger partial charge in [0.15, 0.2) is 0 Å². The molecule has 2 aromatic rings. The van der Waals surface area contributed by atoms with Gasteiger partial charge in [0.2, 0.25) is 0 Å². The number of carbonyl (C=O) groups is 1. The van der Waals surface area contributed by atoms with Crippen molar-refractivity contribution in [3.63, 3.8) is 0 Å². The number of piperazine rings is 1. The highest BCUT2D eigenvalue weighted by atomic mass is 16.2. The fourth-order valence-corrected chi connectivity index (χ4v) is 3.05. The highest BCUT2D eigenvalue weighted by Crippen LogP contribution is 2.20. The molecule has 0 atom stereocenters. The van der Waals surface area contributed by atoms with Gasteiger partial charge in [0, 0.05) is 37.9 Å². The minimum atomic E-state index is 0.0662. The van der Waals surface area contributed by atoms with E-state index in [1.807, 2.05) is 29.2 Å². The lowest BCUT2D eigenvalue weighted by Crippen LogP contribution is -2.49. The van der Waals surface area contributed by atoms with E-state index in [1.165, 1.54) is 5.56 Å². The summed E-state index contributed by atoms with van der Waals surface area (Å²) in [5, 5.41) is 9.22. The molecule has 1 fully saturated rings. The predicted molar refractivity (Wildman–Crippen MR) is 97.6 cm³/mol. The highest BCUT2D eigenvalue weighted by Gasteiger charge is 2.24. The molecule has 5 nitrogen and oxygen atoms in total. The van der Waals surface area contributed by atoms with Crippen molar-refractivity contribution in [1.29, 1.82) is 5.26 Å². The van der Waals surface area contributed by atoms with Crippen LogP contribution in [0.4, 0.5) is 5.82 Å². The molecule has 2 heterocycles. The number of carbonyl (C=O) groups excluding carboxylic acids is 1. The monoisotopic (exact) mass is 334 g/mol. The average molecular weight is 334 g/mol. The first kappa shape index (κ1) is 17.0. The van der Waals surface area contributed by atoms with Gasteiger partial charge >= 0.3 is 0 Å². The number of anilines is 1. The minimum Gasteiger partial charge on any atom is -0.352 e. The van der Waals surface area contributed by atoms with Gasteiger partial charge in [0.05, 0.1) is 5.56 Å². The molecular formula is C20H22N4O. The van der Waals surface area contributed by atoms with E-state index in [-0.39, 0.29) is 5.91 Å². The van der Waals surface area contributed by atoms with Gasteiger partial charge in [-0.2, -0.15) is 5.26 Å². The molecule has 1 aromatic heterocycles. The molecule has 0 spiro atoms. The molecule has 0 saturated carbocycles. The van der Waals surface area contributed by atoms with E-state index in [0.717, 1.165) is 5.56 Å². The molecule has 0 unspecified atom stereocenters. The summed E-state index contributed by atoms with van der Waals surface area (Å²) in [5.74, 6) is 1.23. The zero-order valence-electron chi connectivity index (χ0n) is 14.6. The molecule has 25 heavy (non-hydrogen) atoms. The number of amides is 1. The van der Waals surface area contributed by atoms with Gasteiger partial charge in [0.25, 0.3) is 5.91 Å². The maximum Gasteiger partial charge on any atom is 0.253 e. The Kier molecular flexibility index (Phi) is 4.99. The van der Waals surface area contributed by atoms with Gasteiger partial charge < -0.3 is 9.80 Å². The van der Waals surface area contributed by atoms with Gasteiger partial charge in [-0.25, -0.2) is 4.98 Å². The number of nitriles is 1. The smallest absolute Gasteiger partial charge is 0.253 e. The Bertz CT molecular complexity index is 784. The zero-order chi connectivity index (χ0) is 17.8.